The minimum Gasteiger partial charge on any atom is -0.368 e. The molecule has 6 heteroatoms. The van der Waals surface area contributed by atoms with Gasteiger partial charge in [0.2, 0.25) is 5.91 Å². The van der Waals surface area contributed by atoms with E-state index in [1.807, 2.05) is 30.3 Å². The van der Waals surface area contributed by atoms with Gasteiger partial charge in [-0.1, -0.05) is 31.0 Å². The first-order valence-electron chi connectivity index (χ1n) is 9.19. The van der Waals surface area contributed by atoms with Gasteiger partial charge in [-0.05, 0) is 37.8 Å². The number of hydrogen-bond donors (Lipinski definition) is 1. The van der Waals surface area contributed by atoms with Gasteiger partial charge < -0.3 is 10.6 Å². The van der Waals surface area contributed by atoms with Crippen molar-refractivity contribution < 1.29 is 9.59 Å². The van der Waals surface area contributed by atoms with Gasteiger partial charge in [-0.2, -0.15) is 5.10 Å². The Labute approximate surface area is 147 Å². The fourth-order valence-electron chi connectivity index (χ4n) is 3.99. The van der Waals surface area contributed by atoms with Crippen molar-refractivity contribution in [1.29, 1.82) is 0 Å². The molecule has 1 aromatic carbocycles. The standard InChI is InChI=1S/C19H24N4O2/c20-18(24)17-12-16(21-23(17)15-8-2-1-3-9-15)19(25)22(14-10-11-14)13-6-4-5-7-13/h1-3,8-9,13-14,17H,4-7,10-12H2,(H2,20,24). The van der Waals surface area contributed by atoms with Gasteiger partial charge in [-0.15, -0.1) is 0 Å². The predicted octanol–water partition coefficient (Wildman–Crippen LogP) is 2.04. The second-order valence-corrected chi connectivity index (χ2v) is 7.23. The first-order valence-corrected chi connectivity index (χ1v) is 9.19. The van der Waals surface area contributed by atoms with Crippen LogP contribution in [0.5, 0.6) is 0 Å². The SMILES string of the molecule is NC(=O)C1CC(C(=O)N(C2CCCC2)C2CC2)=NN1c1ccccc1. The van der Waals surface area contributed by atoms with E-state index in [2.05, 4.69) is 10.0 Å². The molecular formula is C19H24N4O2. The number of benzene rings is 1. The van der Waals surface area contributed by atoms with E-state index in [4.69, 9.17) is 5.73 Å². The lowest BCUT2D eigenvalue weighted by Gasteiger charge is -2.28. The highest BCUT2D eigenvalue weighted by molar-refractivity contribution is 6.40. The molecule has 2 aliphatic carbocycles. The van der Waals surface area contributed by atoms with Crippen molar-refractivity contribution in [1.82, 2.24) is 4.90 Å². The van der Waals surface area contributed by atoms with E-state index < -0.39 is 11.9 Å². The van der Waals surface area contributed by atoms with Crippen LogP contribution >= 0.6 is 0 Å². The Bertz CT molecular complexity index is 693. The van der Waals surface area contributed by atoms with Gasteiger partial charge in [0.1, 0.15) is 11.8 Å². The van der Waals surface area contributed by atoms with E-state index >= 15 is 0 Å². The van der Waals surface area contributed by atoms with Crippen LogP contribution in [0, 0.1) is 0 Å². The number of hydrogen-bond acceptors (Lipinski definition) is 4. The van der Waals surface area contributed by atoms with E-state index in [-0.39, 0.29) is 5.91 Å². The molecule has 6 nitrogen and oxygen atoms in total. The highest BCUT2D eigenvalue weighted by Gasteiger charge is 2.43. The Morgan fingerprint density at radius 2 is 1.68 bits per heavy atom. The second kappa shape index (κ2) is 6.50. The van der Waals surface area contributed by atoms with Crippen LogP contribution in [0.1, 0.15) is 44.9 Å². The summed E-state index contributed by atoms with van der Waals surface area (Å²) < 4.78 is 0. The van der Waals surface area contributed by atoms with Crippen LogP contribution in [-0.2, 0) is 9.59 Å². The van der Waals surface area contributed by atoms with Gasteiger partial charge in [0.25, 0.3) is 5.91 Å². The molecule has 4 rings (SSSR count). The maximum atomic E-state index is 13.2. The minimum atomic E-state index is -0.592. The number of anilines is 1. The molecule has 0 bridgehead atoms. The van der Waals surface area contributed by atoms with Gasteiger partial charge in [-0.3, -0.25) is 14.6 Å². The lowest BCUT2D eigenvalue weighted by Crippen LogP contribution is -2.44. The Morgan fingerprint density at radius 1 is 1.04 bits per heavy atom. The number of carbonyl (C=O) groups is 2. The van der Waals surface area contributed by atoms with Crippen molar-refractivity contribution in [3.05, 3.63) is 30.3 Å². The normalized spacial score (nSPS) is 23.6. The molecule has 1 unspecified atom stereocenters. The largest absolute Gasteiger partial charge is 0.368 e. The van der Waals surface area contributed by atoms with Gasteiger partial charge >= 0.3 is 0 Å². The number of amides is 2. The topological polar surface area (TPSA) is 79.0 Å². The van der Waals surface area contributed by atoms with E-state index in [9.17, 15) is 9.59 Å². The summed E-state index contributed by atoms with van der Waals surface area (Å²) in [7, 11) is 0. The molecule has 25 heavy (non-hydrogen) atoms. The molecule has 1 aliphatic heterocycles. The monoisotopic (exact) mass is 340 g/mol. The van der Waals surface area contributed by atoms with Crippen molar-refractivity contribution in [2.75, 3.05) is 5.01 Å². The summed E-state index contributed by atoms with van der Waals surface area (Å²) in [5, 5.41) is 6.13. The molecule has 1 atom stereocenters. The average Bonchev–Trinajstić information content (AvgIpc) is 3.13. The summed E-state index contributed by atoms with van der Waals surface area (Å²) in [5.41, 5.74) is 6.83. The Hall–Kier alpha value is -2.37. The molecule has 1 heterocycles. The molecule has 2 N–H and O–H groups in total. The van der Waals surface area contributed by atoms with Gasteiger partial charge in [0, 0.05) is 18.5 Å². The van der Waals surface area contributed by atoms with E-state index in [1.165, 1.54) is 12.8 Å². The Balaban J connectivity index is 1.60. The third kappa shape index (κ3) is 3.13. The lowest BCUT2D eigenvalue weighted by atomic mass is 10.1. The first-order chi connectivity index (χ1) is 12.1. The van der Waals surface area contributed by atoms with E-state index in [1.54, 1.807) is 5.01 Å². The number of nitrogens with two attached hydrogens (primary N) is 1. The molecule has 2 fully saturated rings. The van der Waals surface area contributed by atoms with E-state index in [0.29, 0.717) is 24.2 Å². The van der Waals surface area contributed by atoms with Crippen LogP contribution in [0.4, 0.5) is 5.69 Å². The van der Waals surface area contributed by atoms with Gasteiger partial charge in [0.15, 0.2) is 0 Å². The quantitative estimate of drug-likeness (QED) is 0.891. The van der Waals surface area contributed by atoms with Crippen molar-refractivity contribution in [3.8, 4) is 0 Å². The summed E-state index contributed by atoms with van der Waals surface area (Å²) in [4.78, 5) is 27.1. The first kappa shape index (κ1) is 16.1. The van der Waals surface area contributed by atoms with Gasteiger partial charge in [-0.25, -0.2) is 0 Å². The van der Waals surface area contributed by atoms with Crippen LogP contribution in [0.2, 0.25) is 0 Å². The number of para-hydroxylation sites is 1. The summed E-state index contributed by atoms with van der Waals surface area (Å²) in [6, 6.07) is 9.53. The summed E-state index contributed by atoms with van der Waals surface area (Å²) in [6.07, 6.45) is 6.99. The molecule has 132 valence electrons. The maximum absolute atomic E-state index is 13.2. The zero-order chi connectivity index (χ0) is 17.4. The maximum Gasteiger partial charge on any atom is 0.270 e. The van der Waals surface area contributed by atoms with Crippen LogP contribution in [-0.4, -0.2) is 40.6 Å². The highest BCUT2D eigenvalue weighted by atomic mass is 16.2. The van der Waals surface area contributed by atoms with Crippen molar-refractivity contribution in [2.45, 2.75) is 63.1 Å². The van der Waals surface area contributed by atoms with Crippen LogP contribution in [0.15, 0.2) is 35.4 Å². The molecule has 0 aromatic heterocycles. The molecule has 0 radical (unpaired) electrons. The van der Waals surface area contributed by atoms with Crippen LogP contribution < -0.4 is 10.7 Å². The fraction of sp³-hybridized carbons (Fsp3) is 0.526. The summed E-state index contributed by atoms with van der Waals surface area (Å²) in [6.45, 7) is 0. The molecule has 1 aromatic rings. The smallest absolute Gasteiger partial charge is 0.270 e. The van der Waals surface area contributed by atoms with E-state index in [0.717, 1.165) is 31.4 Å². The summed E-state index contributed by atoms with van der Waals surface area (Å²) >= 11 is 0. The molecule has 2 amide bonds. The fourth-order valence-corrected chi connectivity index (χ4v) is 3.99. The van der Waals surface area contributed by atoms with Crippen molar-refractivity contribution in [3.63, 3.8) is 0 Å². The van der Waals surface area contributed by atoms with Gasteiger partial charge in [0.05, 0.1) is 5.69 Å². The molecule has 3 aliphatic rings. The number of hydrazone groups is 1. The zero-order valence-corrected chi connectivity index (χ0v) is 14.3. The minimum absolute atomic E-state index is 0.000851. The Kier molecular flexibility index (Phi) is 4.19. The van der Waals surface area contributed by atoms with Crippen LogP contribution in [0.25, 0.3) is 0 Å². The molecule has 0 saturated heterocycles. The number of rotatable bonds is 5. The van der Waals surface area contributed by atoms with Crippen molar-refractivity contribution in [2.24, 2.45) is 10.8 Å². The summed E-state index contributed by atoms with van der Waals surface area (Å²) in [5.74, 6) is -0.451. The predicted molar refractivity (Wildman–Crippen MR) is 96.1 cm³/mol. The second-order valence-electron chi connectivity index (χ2n) is 7.23. The van der Waals surface area contributed by atoms with Crippen LogP contribution in [0.3, 0.4) is 0 Å². The molecule has 0 spiro atoms. The number of carbonyl (C=O) groups excluding carboxylic acids is 2. The zero-order valence-electron chi connectivity index (χ0n) is 14.3. The average molecular weight is 340 g/mol. The van der Waals surface area contributed by atoms with Crippen molar-refractivity contribution >= 4 is 23.2 Å². The lowest BCUT2D eigenvalue weighted by molar-refractivity contribution is -0.126. The number of nitrogens with zero attached hydrogens (tertiary/aromatic N) is 3. The molecular weight excluding hydrogens is 316 g/mol. The Morgan fingerprint density at radius 3 is 2.28 bits per heavy atom. The third-order valence-electron chi connectivity index (χ3n) is 5.40. The molecule has 2 saturated carbocycles. The third-order valence-corrected chi connectivity index (χ3v) is 5.40. The highest BCUT2D eigenvalue weighted by Crippen LogP contribution is 2.35. The number of primary amides is 1.